The molecule has 2 aromatic carbocycles. The molecule has 172 valence electrons. The molecule has 7 heteroatoms. The Balaban J connectivity index is 1.59. The third-order valence-electron chi connectivity index (χ3n) is 5.92. The van der Waals surface area contributed by atoms with Gasteiger partial charge in [-0.25, -0.2) is 18.7 Å². The van der Waals surface area contributed by atoms with Crippen LogP contribution in [0.4, 0.5) is 8.78 Å². The SMILES string of the molecule is CCOC(=O)[C@]1(Cc2cccc(-c3ncccn3)c2)C[C@H](OCc2ccccc2)C(F)(F)C1. The van der Waals surface area contributed by atoms with Crippen molar-refractivity contribution in [3.8, 4) is 11.4 Å². The van der Waals surface area contributed by atoms with Gasteiger partial charge in [0.2, 0.25) is 0 Å². The lowest BCUT2D eigenvalue weighted by molar-refractivity contribution is -0.157. The van der Waals surface area contributed by atoms with Crippen molar-refractivity contribution >= 4 is 5.97 Å². The van der Waals surface area contributed by atoms with E-state index in [1.165, 1.54) is 0 Å². The van der Waals surface area contributed by atoms with Gasteiger partial charge in [0, 0.05) is 24.4 Å². The second-order valence-electron chi connectivity index (χ2n) is 8.38. The van der Waals surface area contributed by atoms with Gasteiger partial charge in [-0.1, -0.05) is 48.5 Å². The first-order valence-electron chi connectivity index (χ1n) is 11.0. The lowest BCUT2D eigenvalue weighted by Gasteiger charge is -2.26. The van der Waals surface area contributed by atoms with Gasteiger partial charge < -0.3 is 9.47 Å². The zero-order chi connectivity index (χ0) is 23.3. The molecule has 1 aliphatic carbocycles. The van der Waals surface area contributed by atoms with Crippen LogP contribution in [0.2, 0.25) is 0 Å². The van der Waals surface area contributed by atoms with E-state index >= 15 is 8.78 Å². The summed E-state index contributed by atoms with van der Waals surface area (Å²) in [5.74, 6) is -3.23. The molecule has 1 heterocycles. The molecule has 1 saturated carbocycles. The quantitative estimate of drug-likeness (QED) is 0.437. The van der Waals surface area contributed by atoms with Gasteiger partial charge in [0.25, 0.3) is 5.92 Å². The molecule has 3 aromatic rings. The molecule has 1 aliphatic rings. The fraction of sp³-hybridized carbons (Fsp3) is 0.346. The lowest BCUT2D eigenvalue weighted by Crippen LogP contribution is -2.34. The highest BCUT2D eigenvalue weighted by Crippen LogP contribution is 2.51. The van der Waals surface area contributed by atoms with Crippen LogP contribution in [0, 0.1) is 5.41 Å². The van der Waals surface area contributed by atoms with Crippen molar-refractivity contribution < 1.29 is 23.0 Å². The number of carbonyl (C=O) groups is 1. The number of benzene rings is 2. The Morgan fingerprint density at radius 3 is 2.48 bits per heavy atom. The highest BCUT2D eigenvalue weighted by atomic mass is 19.3. The fourth-order valence-corrected chi connectivity index (χ4v) is 4.40. The van der Waals surface area contributed by atoms with Crippen LogP contribution in [0.5, 0.6) is 0 Å². The van der Waals surface area contributed by atoms with Crippen LogP contribution in [0.25, 0.3) is 11.4 Å². The van der Waals surface area contributed by atoms with Gasteiger partial charge in [-0.05, 0) is 43.0 Å². The minimum absolute atomic E-state index is 0.0564. The average Bonchev–Trinajstić information content (AvgIpc) is 3.09. The van der Waals surface area contributed by atoms with Crippen LogP contribution in [-0.2, 0) is 27.3 Å². The fourth-order valence-electron chi connectivity index (χ4n) is 4.40. The minimum Gasteiger partial charge on any atom is -0.466 e. The number of ether oxygens (including phenoxy) is 2. The van der Waals surface area contributed by atoms with Gasteiger partial charge in [0.15, 0.2) is 5.82 Å². The summed E-state index contributed by atoms with van der Waals surface area (Å²) >= 11 is 0. The number of carbonyl (C=O) groups excluding carboxylic acids is 1. The second kappa shape index (κ2) is 9.75. The van der Waals surface area contributed by atoms with Crippen molar-refractivity contribution in [2.45, 2.75) is 44.8 Å². The van der Waals surface area contributed by atoms with E-state index in [4.69, 9.17) is 9.47 Å². The Kier molecular flexibility index (Phi) is 6.79. The van der Waals surface area contributed by atoms with E-state index in [-0.39, 0.29) is 26.1 Å². The first kappa shape index (κ1) is 23.0. The average molecular weight is 453 g/mol. The predicted octanol–water partition coefficient (Wildman–Crippen LogP) is 5.25. The lowest BCUT2D eigenvalue weighted by atomic mass is 9.79. The molecule has 0 amide bonds. The van der Waals surface area contributed by atoms with Crippen molar-refractivity contribution in [3.05, 3.63) is 84.2 Å². The second-order valence-corrected chi connectivity index (χ2v) is 8.38. The van der Waals surface area contributed by atoms with Gasteiger partial charge in [0.1, 0.15) is 6.10 Å². The Labute approximate surface area is 191 Å². The number of hydrogen-bond acceptors (Lipinski definition) is 5. The van der Waals surface area contributed by atoms with Crippen LogP contribution < -0.4 is 0 Å². The van der Waals surface area contributed by atoms with Gasteiger partial charge >= 0.3 is 5.97 Å². The molecular formula is C26H26F2N2O3. The van der Waals surface area contributed by atoms with E-state index in [1.54, 1.807) is 25.4 Å². The summed E-state index contributed by atoms with van der Waals surface area (Å²) in [4.78, 5) is 21.5. The molecule has 0 aliphatic heterocycles. The molecule has 1 aromatic heterocycles. The Morgan fingerprint density at radius 1 is 1.03 bits per heavy atom. The normalized spacial score (nSPS) is 21.6. The largest absolute Gasteiger partial charge is 0.466 e. The van der Waals surface area contributed by atoms with Gasteiger partial charge in [-0.3, -0.25) is 4.79 Å². The van der Waals surface area contributed by atoms with Gasteiger partial charge in [-0.15, -0.1) is 0 Å². The van der Waals surface area contributed by atoms with Crippen LogP contribution in [-0.4, -0.2) is 34.6 Å². The van der Waals surface area contributed by atoms with E-state index in [9.17, 15) is 4.79 Å². The monoisotopic (exact) mass is 452 g/mol. The van der Waals surface area contributed by atoms with Crippen LogP contribution in [0.3, 0.4) is 0 Å². The summed E-state index contributed by atoms with van der Waals surface area (Å²) in [6.07, 6.45) is 1.29. The molecule has 1 fully saturated rings. The number of esters is 1. The van der Waals surface area contributed by atoms with E-state index in [2.05, 4.69) is 9.97 Å². The third kappa shape index (κ3) is 5.25. The number of rotatable bonds is 8. The molecule has 5 nitrogen and oxygen atoms in total. The Morgan fingerprint density at radius 2 is 1.76 bits per heavy atom. The minimum atomic E-state index is -3.15. The third-order valence-corrected chi connectivity index (χ3v) is 5.92. The molecule has 0 saturated heterocycles. The summed E-state index contributed by atoms with van der Waals surface area (Å²) in [7, 11) is 0. The summed E-state index contributed by atoms with van der Waals surface area (Å²) in [6.45, 7) is 1.86. The summed E-state index contributed by atoms with van der Waals surface area (Å²) in [5.41, 5.74) is 0.926. The number of halogens is 2. The maximum Gasteiger partial charge on any atom is 0.312 e. The maximum absolute atomic E-state index is 15.1. The topological polar surface area (TPSA) is 61.3 Å². The van der Waals surface area contributed by atoms with E-state index < -0.39 is 29.8 Å². The molecule has 33 heavy (non-hydrogen) atoms. The highest BCUT2D eigenvalue weighted by Gasteiger charge is 2.61. The summed E-state index contributed by atoms with van der Waals surface area (Å²) in [6, 6.07) is 18.2. The predicted molar refractivity (Wildman–Crippen MR) is 119 cm³/mol. The number of hydrogen-bond donors (Lipinski definition) is 0. The van der Waals surface area contributed by atoms with Gasteiger partial charge in [-0.2, -0.15) is 0 Å². The van der Waals surface area contributed by atoms with Crippen molar-refractivity contribution in [1.29, 1.82) is 0 Å². The highest BCUT2D eigenvalue weighted by molar-refractivity contribution is 5.78. The molecule has 0 bridgehead atoms. The smallest absolute Gasteiger partial charge is 0.312 e. The standard InChI is InChI=1S/C26H26F2N2O3/c1-2-32-24(31)25(15-20-10-6-11-21(14-20)23-29-12-7-13-30-23)16-22(26(27,28)18-25)33-17-19-8-4-3-5-9-19/h3-14,22H,2,15-18H2,1H3/t22-,25+/m0/s1. The summed E-state index contributed by atoms with van der Waals surface area (Å²) in [5, 5.41) is 0. The molecule has 0 spiro atoms. The van der Waals surface area contributed by atoms with Crippen molar-refractivity contribution in [1.82, 2.24) is 9.97 Å². The molecule has 0 unspecified atom stereocenters. The van der Waals surface area contributed by atoms with E-state index in [1.807, 2.05) is 54.6 Å². The van der Waals surface area contributed by atoms with Crippen LogP contribution in [0.15, 0.2) is 73.1 Å². The van der Waals surface area contributed by atoms with Crippen molar-refractivity contribution in [2.75, 3.05) is 6.61 Å². The number of nitrogens with zero attached hydrogens (tertiary/aromatic N) is 2. The van der Waals surface area contributed by atoms with Gasteiger partial charge in [0.05, 0.1) is 18.6 Å². The maximum atomic E-state index is 15.1. The molecule has 0 radical (unpaired) electrons. The van der Waals surface area contributed by atoms with Crippen LogP contribution >= 0.6 is 0 Å². The zero-order valence-corrected chi connectivity index (χ0v) is 18.4. The Bertz CT molecular complexity index is 1080. The summed E-state index contributed by atoms with van der Waals surface area (Å²) < 4.78 is 41.1. The molecule has 4 rings (SSSR count). The Hall–Kier alpha value is -3.19. The van der Waals surface area contributed by atoms with Crippen molar-refractivity contribution in [2.24, 2.45) is 5.41 Å². The van der Waals surface area contributed by atoms with E-state index in [0.29, 0.717) is 5.82 Å². The first-order valence-corrected chi connectivity index (χ1v) is 11.0. The van der Waals surface area contributed by atoms with Crippen LogP contribution in [0.1, 0.15) is 30.9 Å². The molecule has 2 atom stereocenters. The number of alkyl halides is 2. The van der Waals surface area contributed by atoms with Crippen molar-refractivity contribution in [3.63, 3.8) is 0 Å². The first-order chi connectivity index (χ1) is 15.9. The van der Waals surface area contributed by atoms with E-state index in [0.717, 1.165) is 16.7 Å². The molecule has 0 N–H and O–H groups in total. The molecular weight excluding hydrogens is 426 g/mol. The zero-order valence-electron chi connectivity index (χ0n) is 18.4. The number of aromatic nitrogens is 2.